The molecule has 0 bridgehead atoms. The van der Waals surface area contributed by atoms with Crippen molar-refractivity contribution in [2.24, 2.45) is 0 Å². The average molecular weight is 357 g/mol. The maximum atomic E-state index is 12.8. The Morgan fingerprint density at radius 3 is 2.65 bits per heavy atom. The molecular formula is C19H20FN3O3. The van der Waals surface area contributed by atoms with Gasteiger partial charge in [0.15, 0.2) is 0 Å². The van der Waals surface area contributed by atoms with Crippen LogP contribution in [0, 0.1) is 5.82 Å². The summed E-state index contributed by atoms with van der Waals surface area (Å²) in [4.78, 5) is 25.8. The van der Waals surface area contributed by atoms with E-state index in [0.29, 0.717) is 11.3 Å². The number of likely N-dealkylation sites (N-methyl/N-ethyl adjacent to an activating group) is 1. The van der Waals surface area contributed by atoms with Crippen LogP contribution < -0.4 is 15.5 Å². The monoisotopic (exact) mass is 357 g/mol. The summed E-state index contributed by atoms with van der Waals surface area (Å²) in [5.41, 5.74) is 3.31. The van der Waals surface area contributed by atoms with E-state index in [2.05, 4.69) is 15.5 Å². The van der Waals surface area contributed by atoms with E-state index < -0.39 is 23.7 Å². The van der Waals surface area contributed by atoms with Crippen molar-refractivity contribution in [3.05, 3.63) is 59.4 Å². The first-order chi connectivity index (χ1) is 12.4. The summed E-state index contributed by atoms with van der Waals surface area (Å²) < 4.78 is 12.8. The fourth-order valence-corrected chi connectivity index (χ4v) is 2.90. The Kier molecular flexibility index (Phi) is 5.18. The van der Waals surface area contributed by atoms with E-state index in [1.807, 2.05) is 25.2 Å². The summed E-state index contributed by atoms with van der Waals surface area (Å²) >= 11 is 0. The van der Waals surface area contributed by atoms with Crippen LogP contribution in [0.15, 0.2) is 42.5 Å². The molecule has 0 aliphatic carbocycles. The number of rotatable bonds is 4. The third-order valence-corrected chi connectivity index (χ3v) is 4.38. The predicted molar refractivity (Wildman–Crippen MR) is 96.4 cm³/mol. The minimum atomic E-state index is -0.909. The van der Waals surface area contributed by atoms with Crippen molar-refractivity contribution >= 4 is 23.2 Å². The smallest absolute Gasteiger partial charge is 0.313 e. The summed E-state index contributed by atoms with van der Waals surface area (Å²) in [6.45, 7) is 0.861. The van der Waals surface area contributed by atoms with Gasteiger partial charge >= 0.3 is 11.8 Å². The number of nitrogens with one attached hydrogen (secondary N) is 2. The Balaban J connectivity index is 1.53. The van der Waals surface area contributed by atoms with E-state index >= 15 is 0 Å². The van der Waals surface area contributed by atoms with Crippen molar-refractivity contribution < 1.29 is 19.1 Å². The highest BCUT2D eigenvalue weighted by Gasteiger charge is 2.19. The molecule has 7 heteroatoms. The first kappa shape index (κ1) is 17.9. The van der Waals surface area contributed by atoms with Gasteiger partial charge in [-0.2, -0.15) is 0 Å². The second kappa shape index (κ2) is 7.53. The lowest BCUT2D eigenvalue weighted by Crippen LogP contribution is -2.37. The van der Waals surface area contributed by atoms with Crippen LogP contribution >= 0.6 is 0 Å². The maximum absolute atomic E-state index is 12.8. The third-order valence-electron chi connectivity index (χ3n) is 4.38. The highest BCUT2D eigenvalue weighted by Crippen LogP contribution is 2.29. The molecule has 3 rings (SSSR count). The highest BCUT2D eigenvalue weighted by atomic mass is 19.1. The summed E-state index contributed by atoms with van der Waals surface area (Å²) in [7, 11) is 2.02. The number of hydrogen-bond acceptors (Lipinski definition) is 4. The molecule has 1 unspecified atom stereocenters. The molecule has 2 aromatic carbocycles. The first-order valence-corrected chi connectivity index (χ1v) is 8.31. The molecule has 1 aliphatic rings. The van der Waals surface area contributed by atoms with Crippen LogP contribution in [0.2, 0.25) is 0 Å². The molecule has 0 saturated carbocycles. The number of nitrogens with zero attached hydrogens (tertiary/aromatic N) is 1. The van der Waals surface area contributed by atoms with Gasteiger partial charge in [-0.25, -0.2) is 4.39 Å². The second-order valence-corrected chi connectivity index (χ2v) is 6.25. The van der Waals surface area contributed by atoms with E-state index in [4.69, 9.17) is 0 Å². The number of hydrogen-bond donors (Lipinski definition) is 3. The lowest BCUT2D eigenvalue weighted by molar-refractivity contribution is -0.136. The molecular weight excluding hydrogens is 337 g/mol. The van der Waals surface area contributed by atoms with E-state index in [0.717, 1.165) is 24.2 Å². The number of anilines is 2. The standard InChI is InChI=1S/C19H20FN3O3/c1-23-9-8-12-10-13(2-7-16(12)23)17(24)11-21-18(25)19(26)22-15-5-3-14(20)4-6-15/h2-7,10,17,24H,8-9,11H2,1H3,(H,21,25)(H,22,26). The SMILES string of the molecule is CN1CCc2cc(C(O)CNC(=O)C(=O)Nc3ccc(F)cc3)ccc21. The van der Waals surface area contributed by atoms with Gasteiger partial charge in [-0.15, -0.1) is 0 Å². The average Bonchev–Trinajstić information content (AvgIpc) is 3.01. The van der Waals surface area contributed by atoms with Crippen molar-refractivity contribution in [2.75, 3.05) is 30.4 Å². The topological polar surface area (TPSA) is 81.7 Å². The molecule has 3 N–H and O–H groups in total. The zero-order chi connectivity index (χ0) is 18.7. The maximum Gasteiger partial charge on any atom is 0.313 e. The molecule has 0 saturated heterocycles. The van der Waals surface area contributed by atoms with Crippen molar-refractivity contribution in [3.63, 3.8) is 0 Å². The molecule has 6 nitrogen and oxygen atoms in total. The summed E-state index contributed by atoms with van der Waals surface area (Å²) in [6.07, 6.45) is 0.00696. The van der Waals surface area contributed by atoms with Crippen LogP contribution in [0.3, 0.4) is 0 Å². The van der Waals surface area contributed by atoms with Gasteiger partial charge in [0.2, 0.25) is 0 Å². The Morgan fingerprint density at radius 2 is 1.92 bits per heavy atom. The Hall–Kier alpha value is -2.93. The fraction of sp³-hybridized carbons (Fsp3) is 0.263. The van der Waals surface area contributed by atoms with Gasteiger partial charge in [-0.05, 0) is 47.9 Å². The van der Waals surface area contributed by atoms with Gasteiger partial charge in [0.05, 0.1) is 6.10 Å². The number of fused-ring (bicyclic) bond motifs is 1. The first-order valence-electron chi connectivity index (χ1n) is 8.31. The Morgan fingerprint density at radius 1 is 1.19 bits per heavy atom. The van der Waals surface area contributed by atoms with Crippen molar-refractivity contribution in [2.45, 2.75) is 12.5 Å². The molecule has 1 atom stereocenters. The number of carbonyl (C=O) groups excluding carboxylic acids is 2. The van der Waals surface area contributed by atoms with E-state index in [1.165, 1.54) is 24.3 Å². The van der Waals surface area contributed by atoms with Crippen LogP contribution in [0.4, 0.5) is 15.8 Å². The molecule has 0 fully saturated rings. The van der Waals surface area contributed by atoms with E-state index in [1.54, 1.807) is 0 Å². The number of aliphatic hydroxyl groups is 1. The Labute approximate surface area is 150 Å². The van der Waals surface area contributed by atoms with Gasteiger partial charge in [-0.3, -0.25) is 9.59 Å². The summed E-state index contributed by atoms with van der Waals surface area (Å²) in [5, 5.41) is 15.0. The molecule has 0 radical (unpaired) electrons. The zero-order valence-electron chi connectivity index (χ0n) is 14.3. The molecule has 1 aliphatic heterocycles. The number of aliphatic hydroxyl groups excluding tert-OH is 1. The van der Waals surface area contributed by atoms with Gasteiger partial charge in [-0.1, -0.05) is 12.1 Å². The largest absolute Gasteiger partial charge is 0.387 e. The second-order valence-electron chi connectivity index (χ2n) is 6.25. The molecule has 26 heavy (non-hydrogen) atoms. The van der Waals surface area contributed by atoms with Crippen LogP contribution in [0.1, 0.15) is 17.2 Å². The number of halogens is 1. The minimum Gasteiger partial charge on any atom is -0.387 e. The van der Waals surface area contributed by atoms with Crippen LogP contribution in [0.5, 0.6) is 0 Å². The third kappa shape index (κ3) is 4.00. The molecule has 1 heterocycles. The highest BCUT2D eigenvalue weighted by molar-refractivity contribution is 6.39. The van der Waals surface area contributed by atoms with Crippen molar-refractivity contribution in [1.29, 1.82) is 0 Å². The van der Waals surface area contributed by atoms with Gasteiger partial charge in [0.25, 0.3) is 0 Å². The number of amides is 2. The molecule has 0 aromatic heterocycles. The minimum absolute atomic E-state index is 0.0791. The fourth-order valence-electron chi connectivity index (χ4n) is 2.90. The van der Waals surface area contributed by atoms with Crippen LogP contribution in [-0.2, 0) is 16.0 Å². The predicted octanol–water partition coefficient (Wildman–Crippen LogP) is 1.61. The van der Waals surface area contributed by atoms with Crippen molar-refractivity contribution in [3.8, 4) is 0 Å². The quantitative estimate of drug-likeness (QED) is 0.726. The van der Waals surface area contributed by atoms with E-state index in [9.17, 15) is 19.1 Å². The van der Waals surface area contributed by atoms with Gasteiger partial charge in [0, 0.05) is 31.5 Å². The van der Waals surface area contributed by atoms with Gasteiger partial charge in [0.1, 0.15) is 5.82 Å². The number of carbonyl (C=O) groups is 2. The molecule has 2 amide bonds. The number of benzene rings is 2. The van der Waals surface area contributed by atoms with Crippen LogP contribution in [0.25, 0.3) is 0 Å². The van der Waals surface area contributed by atoms with E-state index in [-0.39, 0.29) is 6.54 Å². The molecule has 136 valence electrons. The molecule has 2 aromatic rings. The normalized spacial score (nSPS) is 13.9. The summed E-state index contributed by atoms with van der Waals surface area (Å²) in [6, 6.07) is 10.8. The van der Waals surface area contributed by atoms with Crippen LogP contribution in [-0.4, -0.2) is 37.1 Å². The van der Waals surface area contributed by atoms with Gasteiger partial charge < -0.3 is 20.6 Å². The van der Waals surface area contributed by atoms with Crippen molar-refractivity contribution in [1.82, 2.24) is 5.32 Å². The lowest BCUT2D eigenvalue weighted by atomic mass is 10.0. The zero-order valence-corrected chi connectivity index (χ0v) is 14.3. The molecule has 0 spiro atoms. The summed E-state index contributed by atoms with van der Waals surface area (Å²) in [5.74, 6) is -2.18. The lowest BCUT2D eigenvalue weighted by Gasteiger charge is -2.15. The Bertz CT molecular complexity index is 823.